The smallest absolute Gasteiger partial charge is 0.413 e. The van der Waals surface area contributed by atoms with Crippen molar-refractivity contribution in [1.82, 2.24) is 0 Å². The molecular weight excluding hydrogens is 511 g/mol. The summed E-state index contributed by atoms with van der Waals surface area (Å²) in [5.41, 5.74) is 5.98. The Kier molecular flexibility index (Phi) is 7.30. The van der Waals surface area contributed by atoms with E-state index in [-0.39, 0.29) is 0 Å². The van der Waals surface area contributed by atoms with E-state index in [0.717, 1.165) is 33.4 Å². The zero-order valence-electron chi connectivity index (χ0n) is 21.8. The molecule has 0 atom stereocenters. The summed E-state index contributed by atoms with van der Waals surface area (Å²) in [5.74, 6) is 0.933. The summed E-state index contributed by atoms with van der Waals surface area (Å²) >= 11 is 0. The molecule has 0 aromatic heterocycles. The zero-order chi connectivity index (χ0) is 27.2. The van der Waals surface area contributed by atoms with Gasteiger partial charge in [-0.1, -0.05) is 127 Å². The fraction of sp³-hybridized carbons (Fsp3) is 0. The molecule has 0 saturated carbocycles. The van der Waals surface area contributed by atoms with E-state index in [2.05, 4.69) is 0 Å². The highest BCUT2D eigenvalue weighted by molar-refractivity contribution is 7.63. The largest absolute Gasteiger partial charge is 0.462 e. The summed E-state index contributed by atoms with van der Waals surface area (Å²) in [6, 6.07) is 52.9. The highest BCUT2D eigenvalue weighted by atomic mass is 31.2. The molecule has 4 heteroatoms. The molecule has 0 radical (unpaired) electrons. The van der Waals surface area contributed by atoms with Crippen LogP contribution in [0.5, 0.6) is 11.5 Å². The lowest BCUT2D eigenvalue weighted by atomic mass is 10.1. The van der Waals surface area contributed by atoms with Crippen molar-refractivity contribution in [2.75, 3.05) is 0 Å². The molecule has 6 rings (SSSR count). The Morgan fingerprint density at radius 2 is 0.700 bits per heavy atom. The van der Waals surface area contributed by atoms with Crippen molar-refractivity contribution >= 4 is 12.9 Å². The van der Waals surface area contributed by atoms with E-state index < -0.39 is 7.60 Å². The second-order valence-electron chi connectivity index (χ2n) is 9.38. The van der Waals surface area contributed by atoms with Gasteiger partial charge in [0.15, 0.2) is 0 Å². The summed E-state index contributed by atoms with van der Waals surface area (Å²) in [4.78, 5) is 0. The van der Waals surface area contributed by atoms with E-state index in [1.807, 2.05) is 158 Å². The van der Waals surface area contributed by atoms with Gasteiger partial charge in [-0.15, -0.1) is 0 Å². The SMILES string of the molecule is O=P(Oc1cccc(-c2ccccc2)c1)(Oc1cccc(-c2ccccc2)c1)c1cccc(-c2ccccc2)c1. The summed E-state index contributed by atoms with van der Waals surface area (Å²) in [5, 5.41) is 0.476. The Morgan fingerprint density at radius 3 is 1.12 bits per heavy atom. The van der Waals surface area contributed by atoms with Crippen molar-refractivity contribution in [2.45, 2.75) is 0 Å². The molecule has 6 aromatic rings. The van der Waals surface area contributed by atoms with Gasteiger partial charge in [0.1, 0.15) is 11.5 Å². The van der Waals surface area contributed by atoms with Crippen molar-refractivity contribution in [1.29, 1.82) is 0 Å². The van der Waals surface area contributed by atoms with E-state index in [0.29, 0.717) is 16.8 Å². The van der Waals surface area contributed by atoms with Crippen LogP contribution in [0.4, 0.5) is 0 Å². The quantitative estimate of drug-likeness (QED) is 0.181. The van der Waals surface area contributed by atoms with Gasteiger partial charge < -0.3 is 9.05 Å². The van der Waals surface area contributed by atoms with Crippen LogP contribution in [0, 0.1) is 0 Å². The van der Waals surface area contributed by atoms with Crippen LogP contribution >= 0.6 is 7.60 Å². The molecule has 0 spiro atoms. The van der Waals surface area contributed by atoms with Gasteiger partial charge in [-0.3, -0.25) is 0 Å². The van der Waals surface area contributed by atoms with Gasteiger partial charge in [0.05, 0.1) is 5.30 Å². The maximum atomic E-state index is 14.8. The van der Waals surface area contributed by atoms with Gasteiger partial charge in [0.2, 0.25) is 0 Å². The minimum absolute atomic E-state index is 0.467. The average Bonchev–Trinajstić information content (AvgIpc) is 3.03. The molecular formula is C36H27O3P. The van der Waals surface area contributed by atoms with Crippen molar-refractivity contribution in [3.05, 3.63) is 164 Å². The van der Waals surface area contributed by atoms with E-state index in [4.69, 9.17) is 9.05 Å². The van der Waals surface area contributed by atoms with E-state index in [1.54, 1.807) is 6.07 Å². The molecule has 0 fully saturated rings. The summed E-state index contributed by atoms with van der Waals surface area (Å²) in [7, 11) is -3.89. The lowest BCUT2D eigenvalue weighted by Crippen LogP contribution is -2.15. The fourth-order valence-electron chi connectivity index (χ4n) is 4.61. The van der Waals surface area contributed by atoms with Gasteiger partial charge in [0, 0.05) is 0 Å². The second kappa shape index (κ2) is 11.5. The molecule has 0 bridgehead atoms. The minimum atomic E-state index is -3.89. The van der Waals surface area contributed by atoms with Gasteiger partial charge in [0.25, 0.3) is 0 Å². The third-order valence-corrected chi connectivity index (χ3v) is 8.42. The first-order valence-electron chi connectivity index (χ1n) is 13.1. The maximum absolute atomic E-state index is 14.8. The molecule has 0 heterocycles. The molecule has 0 saturated heterocycles. The monoisotopic (exact) mass is 538 g/mol. The standard InChI is InChI=1S/C36H27O3P/c37-40(36-24-12-21-33(27-36)30-17-8-3-9-18-30,38-34-22-10-19-31(25-34)28-13-4-1-5-14-28)39-35-23-11-20-32(26-35)29-15-6-2-7-16-29/h1-27H. The number of rotatable bonds is 8. The van der Waals surface area contributed by atoms with Crippen molar-refractivity contribution < 1.29 is 13.6 Å². The van der Waals surface area contributed by atoms with Crippen LogP contribution in [0.1, 0.15) is 0 Å². The van der Waals surface area contributed by atoms with Crippen LogP contribution in [0.15, 0.2) is 164 Å². The predicted octanol–water partition coefficient (Wildman–Crippen LogP) is 9.66. The van der Waals surface area contributed by atoms with E-state index >= 15 is 0 Å². The summed E-state index contributed by atoms with van der Waals surface area (Å²) in [6.07, 6.45) is 0. The van der Waals surface area contributed by atoms with Gasteiger partial charge in [-0.25, -0.2) is 4.57 Å². The molecule has 3 nitrogen and oxygen atoms in total. The van der Waals surface area contributed by atoms with Gasteiger partial charge in [-0.2, -0.15) is 0 Å². The lowest BCUT2D eigenvalue weighted by molar-refractivity contribution is 0.399. The molecule has 0 unspecified atom stereocenters. The van der Waals surface area contributed by atoms with Crippen LogP contribution in [0.25, 0.3) is 33.4 Å². The number of benzene rings is 6. The van der Waals surface area contributed by atoms with Crippen LogP contribution in [0.3, 0.4) is 0 Å². The average molecular weight is 539 g/mol. The molecule has 0 aliphatic rings. The third kappa shape index (κ3) is 5.76. The predicted molar refractivity (Wildman–Crippen MR) is 164 cm³/mol. The fourth-order valence-corrected chi connectivity index (χ4v) is 6.21. The third-order valence-electron chi connectivity index (χ3n) is 6.60. The van der Waals surface area contributed by atoms with Crippen molar-refractivity contribution in [2.24, 2.45) is 0 Å². The van der Waals surface area contributed by atoms with E-state index in [9.17, 15) is 4.57 Å². The number of hydrogen-bond acceptors (Lipinski definition) is 3. The molecule has 194 valence electrons. The Morgan fingerprint density at radius 1 is 0.350 bits per heavy atom. The lowest BCUT2D eigenvalue weighted by Gasteiger charge is -2.21. The first-order chi connectivity index (χ1) is 19.7. The highest BCUT2D eigenvalue weighted by Crippen LogP contribution is 2.49. The molecule has 40 heavy (non-hydrogen) atoms. The molecule has 6 aromatic carbocycles. The molecule has 0 aliphatic heterocycles. The van der Waals surface area contributed by atoms with Crippen LogP contribution < -0.4 is 14.4 Å². The van der Waals surface area contributed by atoms with Gasteiger partial charge in [-0.05, 0) is 69.8 Å². The van der Waals surface area contributed by atoms with Gasteiger partial charge >= 0.3 is 7.60 Å². The highest BCUT2D eigenvalue weighted by Gasteiger charge is 2.32. The first-order valence-corrected chi connectivity index (χ1v) is 14.7. The van der Waals surface area contributed by atoms with Crippen molar-refractivity contribution in [3.63, 3.8) is 0 Å². The summed E-state index contributed by atoms with van der Waals surface area (Å²) in [6.45, 7) is 0. The molecule has 0 aliphatic carbocycles. The molecule has 0 N–H and O–H groups in total. The number of hydrogen-bond donors (Lipinski definition) is 0. The van der Waals surface area contributed by atoms with Crippen LogP contribution in [0.2, 0.25) is 0 Å². The van der Waals surface area contributed by atoms with Crippen LogP contribution in [-0.4, -0.2) is 0 Å². The second-order valence-corrected chi connectivity index (χ2v) is 11.3. The topological polar surface area (TPSA) is 35.5 Å². The Hall–Kier alpha value is -4.85. The normalized spacial score (nSPS) is 11.1. The Labute approximate surface area is 234 Å². The Bertz CT molecular complexity index is 1680. The summed E-state index contributed by atoms with van der Waals surface area (Å²) < 4.78 is 27.4. The van der Waals surface area contributed by atoms with Crippen LogP contribution in [-0.2, 0) is 4.57 Å². The zero-order valence-corrected chi connectivity index (χ0v) is 22.7. The van der Waals surface area contributed by atoms with Crippen molar-refractivity contribution in [3.8, 4) is 44.9 Å². The minimum Gasteiger partial charge on any atom is -0.413 e. The first kappa shape index (κ1) is 25.4. The maximum Gasteiger partial charge on any atom is 0.462 e. The van der Waals surface area contributed by atoms with E-state index in [1.165, 1.54) is 0 Å². The Balaban J connectivity index is 1.41. The molecule has 0 amide bonds.